The zero-order chi connectivity index (χ0) is 7.40. The van der Waals surface area contributed by atoms with Crippen molar-refractivity contribution in [2.45, 2.75) is 26.3 Å². The van der Waals surface area contributed by atoms with Crippen LogP contribution in [0.1, 0.15) is 20.3 Å². The molecular formula is C8H18N2. The van der Waals surface area contributed by atoms with Crippen LogP contribution in [0.15, 0.2) is 0 Å². The molecule has 0 aromatic rings. The summed E-state index contributed by atoms with van der Waals surface area (Å²) in [6.45, 7) is 7.90. The summed E-state index contributed by atoms with van der Waals surface area (Å²) >= 11 is 0. The van der Waals surface area contributed by atoms with E-state index in [0.717, 1.165) is 25.0 Å². The highest BCUT2D eigenvalue weighted by molar-refractivity contribution is 4.81. The summed E-state index contributed by atoms with van der Waals surface area (Å²) in [5, 5.41) is 6.84. The first-order valence-electron chi connectivity index (χ1n) is 4.28. The average Bonchev–Trinajstić information content (AvgIpc) is 2.31. The molecule has 60 valence electrons. The quantitative estimate of drug-likeness (QED) is 0.603. The molecule has 1 aliphatic heterocycles. The molecule has 0 amide bonds. The summed E-state index contributed by atoms with van der Waals surface area (Å²) in [6, 6.07) is 0.722. The van der Waals surface area contributed by atoms with E-state index < -0.39 is 0 Å². The number of likely N-dealkylation sites (N-methyl/N-ethyl adjacent to an activating group) is 1. The van der Waals surface area contributed by atoms with Gasteiger partial charge in [0.15, 0.2) is 0 Å². The maximum absolute atomic E-state index is 3.48. The van der Waals surface area contributed by atoms with Crippen LogP contribution in [0.25, 0.3) is 0 Å². The van der Waals surface area contributed by atoms with Crippen LogP contribution >= 0.6 is 0 Å². The normalized spacial score (nSPS) is 33.0. The Morgan fingerprint density at radius 2 is 2.40 bits per heavy atom. The average molecular weight is 142 g/mol. The van der Waals surface area contributed by atoms with E-state index in [0.29, 0.717) is 0 Å². The summed E-state index contributed by atoms with van der Waals surface area (Å²) in [7, 11) is 0. The highest BCUT2D eigenvalue weighted by Crippen LogP contribution is 2.12. The zero-order valence-corrected chi connectivity index (χ0v) is 6.98. The van der Waals surface area contributed by atoms with Gasteiger partial charge in [-0.25, -0.2) is 0 Å². The molecule has 0 aliphatic carbocycles. The maximum Gasteiger partial charge on any atom is 0.0218 e. The molecule has 0 radical (unpaired) electrons. The Bertz CT molecular complexity index is 93.3. The summed E-state index contributed by atoms with van der Waals surface area (Å²) in [5.74, 6) is 0.860. The van der Waals surface area contributed by atoms with E-state index in [9.17, 15) is 0 Å². The van der Waals surface area contributed by atoms with Gasteiger partial charge >= 0.3 is 0 Å². The second kappa shape index (κ2) is 3.94. The summed E-state index contributed by atoms with van der Waals surface area (Å²) < 4.78 is 0. The molecule has 2 heteroatoms. The third-order valence-corrected chi connectivity index (χ3v) is 2.31. The van der Waals surface area contributed by atoms with Gasteiger partial charge in [0.1, 0.15) is 0 Å². The van der Waals surface area contributed by atoms with Gasteiger partial charge in [-0.05, 0) is 25.4 Å². The molecule has 1 fully saturated rings. The van der Waals surface area contributed by atoms with E-state index in [4.69, 9.17) is 0 Å². The van der Waals surface area contributed by atoms with Crippen molar-refractivity contribution in [2.75, 3.05) is 19.6 Å². The molecule has 2 N–H and O–H groups in total. The van der Waals surface area contributed by atoms with Gasteiger partial charge in [0.2, 0.25) is 0 Å². The van der Waals surface area contributed by atoms with Gasteiger partial charge in [0.05, 0.1) is 0 Å². The molecule has 1 saturated heterocycles. The van der Waals surface area contributed by atoms with Crippen molar-refractivity contribution in [1.82, 2.24) is 10.6 Å². The highest BCUT2D eigenvalue weighted by Gasteiger charge is 2.21. The second-order valence-electron chi connectivity index (χ2n) is 3.13. The molecule has 1 rings (SSSR count). The van der Waals surface area contributed by atoms with Crippen molar-refractivity contribution in [2.24, 2.45) is 5.92 Å². The standard InChI is InChI=1S/C8H18N2/c1-3-9-6-8-7(2)4-5-10-8/h7-10H,3-6H2,1-2H3. The van der Waals surface area contributed by atoms with Gasteiger partial charge in [0, 0.05) is 12.6 Å². The van der Waals surface area contributed by atoms with E-state index in [1.54, 1.807) is 0 Å². The van der Waals surface area contributed by atoms with Gasteiger partial charge in [-0.1, -0.05) is 13.8 Å². The zero-order valence-electron chi connectivity index (χ0n) is 6.98. The molecule has 10 heavy (non-hydrogen) atoms. The van der Waals surface area contributed by atoms with Crippen LogP contribution in [0.4, 0.5) is 0 Å². The smallest absolute Gasteiger partial charge is 0.0218 e. The molecule has 0 aromatic heterocycles. The van der Waals surface area contributed by atoms with Crippen LogP contribution < -0.4 is 10.6 Å². The SMILES string of the molecule is CCNCC1NCCC1C. The monoisotopic (exact) mass is 142 g/mol. The van der Waals surface area contributed by atoms with Crippen LogP contribution in [0.3, 0.4) is 0 Å². The molecule has 1 aliphatic rings. The first-order valence-corrected chi connectivity index (χ1v) is 4.28. The first kappa shape index (κ1) is 8.02. The Morgan fingerprint density at radius 3 is 2.90 bits per heavy atom. The number of hydrogen-bond acceptors (Lipinski definition) is 2. The van der Waals surface area contributed by atoms with E-state index in [1.165, 1.54) is 13.0 Å². The first-order chi connectivity index (χ1) is 4.84. The highest BCUT2D eigenvalue weighted by atomic mass is 15.0. The van der Waals surface area contributed by atoms with Crippen LogP contribution in [0.5, 0.6) is 0 Å². The molecule has 0 aromatic carbocycles. The van der Waals surface area contributed by atoms with E-state index >= 15 is 0 Å². The lowest BCUT2D eigenvalue weighted by atomic mass is 10.0. The topological polar surface area (TPSA) is 24.1 Å². The minimum atomic E-state index is 0.722. The second-order valence-corrected chi connectivity index (χ2v) is 3.13. The molecule has 2 atom stereocenters. The van der Waals surface area contributed by atoms with Crippen LogP contribution in [0, 0.1) is 5.92 Å². The van der Waals surface area contributed by atoms with Crippen LogP contribution in [-0.4, -0.2) is 25.7 Å². The van der Waals surface area contributed by atoms with Crippen molar-refractivity contribution in [3.8, 4) is 0 Å². The fourth-order valence-electron chi connectivity index (χ4n) is 1.47. The summed E-state index contributed by atoms with van der Waals surface area (Å²) in [4.78, 5) is 0. The van der Waals surface area contributed by atoms with Crippen molar-refractivity contribution in [3.05, 3.63) is 0 Å². The Morgan fingerprint density at radius 1 is 1.60 bits per heavy atom. The number of hydrogen-bond donors (Lipinski definition) is 2. The maximum atomic E-state index is 3.48. The number of rotatable bonds is 3. The lowest BCUT2D eigenvalue weighted by Crippen LogP contribution is -2.36. The fourth-order valence-corrected chi connectivity index (χ4v) is 1.47. The third-order valence-electron chi connectivity index (χ3n) is 2.31. The van der Waals surface area contributed by atoms with Gasteiger partial charge in [-0.3, -0.25) is 0 Å². The van der Waals surface area contributed by atoms with Crippen molar-refractivity contribution in [1.29, 1.82) is 0 Å². The number of nitrogens with one attached hydrogen (secondary N) is 2. The van der Waals surface area contributed by atoms with Crippen LogP contribution in [0.2, 0.25) is 0 Å². The minimum Gasteiger partial charge on any atom is -0.315 e. The van der Waals surface area contributed by atoms with Gasteiger partial charge in [-0.15, -0.1) is 0 Å². The Kier molecular flexibility index (Phi) is 3.16. The van der Waals surface area contributed by atoms with E-state index in [-0.39, 0.29) is 0 Å². The molecular weight excluding hydrogens is 124 g/mol. The fraction of sp³-hybridized carbons (Fsp3) is 1.00. The molecule has 0 spiro atoms. The van der Waals surface area contributed by atoms with Crippen molar-refractivity contribution in [3.63, 3.8) is 0 Å². The Labute approximate surface area is 63.4 Å². The lowest BCUT2D eigenvalue weighted by Gasteiger charge is -2.15. The predicted molar refractivity (Wildman–Crippen MR) is 44.1 cm³/mol. The summed E-state index contributed by atoms with van der Waals surface area (Å²) in [6.07, 6.45) is 1.34. The predicted octanol–water partition coefficient (Wildman–Crippen LogP) is 0.594. The Balaban J connectivity index is 2.14. The van der Waals surface area contributed by atoms with Gasteiger partial charge in [-0.2, -0.15) is 0 Å². The molecule has 0 bridgehead atoms. The third kappa shape index (κ3) is 1.96. The van der Waals surface area contributed by atoms with Gasteiger partial charge < -0.3 is 10.6 Å². The van der Waals surface area contributed by atoms with E-state index in [2.05, 4.69) is 24.5 Å². The lowest BCUT2D eigenvalue weighted by molar-refractivity contribution is 0.454. The van der Waals surface area contributed by atoms with Crippen LogP contribution in [-0.2, 0) is 0 Å². The molecule has 1 heterocycles. The summed E-state index contributed by atoms with van der Waals surface area (Å²) in [5.41, 5.74) is 0. The Hall–Kier alpha value is -0.0800. The minimum absolute atomic E-state index is 0.722. The van der Waals surface area contributed by atoms with E-state index in [1.807, 2.05) is 0 Å². The largest absolute Gasteiger partial charge is 0.315 e. The molecule has 2 nitrogen and oxygen atoms in total. The van der Waals surface area contributed by atoms with Gasteiger partial charge in [0.25, 0.3) is 0 Å². The molecule has 2 unspecified atom stereocenters. The van der Waals surface area contributed by atoms with Crippen molar-refractivity contribution >= 4 is 0 Å². The molecule has 0 saturated carbocycles. The van der Waals surface area contributed by atoms with Crippen molar-refractivity contribution < 1.29 is 0 Å².